The van der Waals surface area contributed by atoms with E-state index in [9.17, 15) is 14.4 Å². The molecule has 0 aliphatic carbocycles. The second kappa shape index (κ2) is 7.13. The Hall–Kier alpha value is -2.57. The molecule has 2 aromatic rings. The van der Waals surface area contributed by atoms with E-state index in [1.807, 2.05) is 5.32 Å². The van der Waals surface area contributed by atoms with E-state index in [0.717, 1.165) is 0 Å². The molecule has 8 heteroatoms. The molecule has 0 saturated carbocycles. The summed E-state index contributed by atoms with van der Waals surface area (Å²) in [7, 11) is 0. The number of amides is 3. The molecular formula is C15H11Cl2N3O3. The van der Waals surface area contributed by atoms with Gasteiger partial charge in [-0.1, -0.05) is 41.4 Å². The fraction of sp³-hybridized carbons (Fsp3) is 0. The third kappa shape index (κ3) is 4.00. The van der Waals surface area contributed by atoms with Crippen LogP contribution in [0.5, 0.6) is 0 Å². The molecule has 118 valence electrons. The summed E-state index contributed by atoms with van der Waals surface area (Å²) < 4.78 is 0. The van der Waals surface area contributed by atoms with Gasteiger partial charge in [-0.3, -0.25) is 19.7 Å². The van der Waals surface area contributed by atoms with Crippen LogP contribution in [0.2, 0.25) is 10.0 Å². The zero-order valence-corrected chi connectivity index (χ0v) is 13.1. The molecule has 0 bridgehead atoms. The zero-order chi connectivity index (χ0) is 17.0. The molecule has 0 radical (unpaired) electrons. The Morgan fingerprint density at radius 3 is 2.09 bits per heavy atom. The van der Waals surface area contributed by atoms with Crippen molar-refractivity contribution in [2.24, 2.45) is 0 Å². The van der Waals surface area contributed by atoms with Crippen molar-refractivity contribution in [2.45, 2.75) is 0 Å². The Bertz CT molecular complexity index is 773. The normalized spacial score (nSPS) is 10.0. The summed E-state index contributed by atoms with van der Waals surface area (Å²) >= 11 is 11.8. The quantitative estimate of drug-likeness (QED) is 0.571. The number of halogens is 2. The predicted octanol–water partition coefficient (Wildman–Crippen LogP) is 2.47. The number of nitrogen functional groups attached to an aromatic ring is 1. The second-order valence-corrected chi connectivity index (χ2v) is 5.24. The van der Waals surface area contributed by atoms with Gasteiger partial charge in [0.15, 0.2) is 0 Å². The number of hydrogen-bond acceptors (Lipinski definition) is 4. The van der Waals surface area contributed by atoms with E-state index in [1.54, 1.807) is 18.2 Å². The highest BCUT2D eigenvalue weighted by atomic mass is 35.5. The summed E-state index contributed by atoms with van der Waals surface area (Å²) in [5.74, 6) is -3.02. The van der Waals surface area contributed by atoms with Crippen molar-refractivity contribution in [3.05, 3.63) is 58.1 Å². The number of carbonyl (C=O) groups excluding carboxylic acids is 3. The molecule has 0 aliphatic rings. The Morgan fingerprint density at radius 2 is 1.48 bits per heavy atom. The Balaban J connectivity index is 2.08. The number of nitrogens with one attached hydrogen (secondary N) is 2. The molecule has 0 aromatic heterocycles. The van der Waals surface area contributed by atoms with Gasteiger partial charge in [0.2, 0.25) is 0 Å². The molecule has 0 unspecified atom stereocenters. The van der Waals surface area contributed by atoms with Gasteiger partial charge in [-0.25, -0.2) is 0 Å². The lowest BCUT2D eigenvalue weighted by molar-refractivity contribution is -0.135. The molecule has 0 spiro atoms. The number of nitrogens with two attached hydrogens (primary N) is 1. The first-order valence-corrected chi connectivity index (χ1v) is 7.11. The van der Waals surface area contributed by atoms with Crippen LogP contribution in [0.15, 0.2) is 42.5 Å². The van der Waals surface area contributed by atoms with Gasteiger partial charge in [0.05, 0.1) is 21.3 Å². The average Bonchev–Trinajstić information content (AvgIpc) is 2.51. The van der Waals surface area contributed by atoms with Gasteiger partial charge in [0.25, 0.3) is 5.91 Å². The van der Waals surface area contributed by atoms with Crippen LogP contribution in [0.1, 0.15) is 10.4 Å². The fourth-order valence-electron chi connectivity index (χ4n) is 1.72. The predicted molar refractivity (Wildman–Crippen MR) is 88.4 cm³/mol. The topological polar surface area (TPSA) is 101 Å². The minimum absolute atomic E-state index is 0.0858. The molecule has 0 saturated heterocycles. The second-order valence-electron chi connectivity index (χ2n) is 4.42. The number of hydrogen-bond donors (Lipinski definition) is 3. The lowest BCUT2D eigenvalue weighted by Crippen LogP contribution is -2.39. The monoisotopic (exact) mass is 351 g/mol. The van der Waals surface area contributed by atoms with Gasteiger partial charge < -0.3 is 11.1 Å². The molecule has 0 heterocycles. The molecule has 0 aliphatic heterocycles. The molecule has 6 nitrogen and oxygen atoms in total. The van der Waals surface area contributed by atoms with Gasteiger partial charge >= 0.3 is 11.8 Å². The van der Waals surface area contributed by atoms with Crippen LogP contribution in [-0.4, -0.2) is 17.7 Å². The third-order valence-electron chi connectivity index (χ3n) is 2.84. The standard InChI is InChI=1S/C15H11Cl2N3O3/c16-9-5-3-6-10(17)12(9)19-14(22)15(23)20-13(21)8-4-1-2-7-11(8)18/h1-7H,18H2,(H,19,22)(H,20,21,23). The van der Waals surface area contributed by atoms with Crippen molar-refractivity contribution in [1.29, 1.82) is 0 Å². The Labute approximate surface area is 141 Å². The van der Waals surface area contributed by atoms with Crippen LogP contribution in [-0.2, 0) is 9.59 Å². The minimum atomic E-state index is -1.16. The van der Waals surface area contributed by atoms with Gasteiger partial charge in [-0.2, -0.15) is 0 Å². The number of para-hydroxylation sites is 2. The largest absolute Gasteiger partial charge is 0.398 e. The summed E-state index contributed by atoms with van der Waals surface area (Å²) in [4.78, 5) is 35.6. The number of carbonyl (C=O) groups is 3. The van der Waals surface area contributed by atoms with Gasteiger partial charge in [0.1, 0.15) is 0 Å². The summed E-state index contributed by atoms with van der Waals surface area (Å²) in [5, 5.41) is 4.52. The Kier molecular flexibility index (Phi) is 5.20. The van der Waals surface area contributed by atoms with E-state index in [4.69, 9.17) is 28.9 Å². The molecule has 23 heavy (non-hydrogen) atoms. The molecule has 0 atom stereocenters. The number of benzene rings is 2. The first-order valence-electron chi connectivity index (χ1n) is 6.35. The van der Waals surface area contributed by atoms with Crippen LogP contribution < -0.4 is 16.4 Å². The smallest absolute Gasteiger partial charge is 0.316 e. The van der Waals surface area contributed by atoms with Crippen molar-refractivity contribution in [2.75, 3.05) is 11.1 Å². The lowest BCUT2D eigenvalue weighted by Gasteiger charge is -2.09. The molecule has 0 fully saturated rings. The average molecular weight is 352 g/mol. The van der Waals surface area contributed by atoms with E-state index in [-0.39, 0.29) is 27.0 Å². The maximum absolute atomic E-state index is 11.9. The lowest BCUT2D eigenvalue weighted by atomic mass is 10.1. The molecule has 2 rings (SSSR count). The third-order valence-corrected chi connectivity index (χ3v) is 3.47. The molecular weight excluding hydrogens is 341 g/mol. The summed E-state index contributed by atoms with van der Waals surface area (Å²) in [6.07, 6.45) is 0. The Morgan fingerprint density at radius 1 is 0.870 bits per heavy atom. The number of imide groups is 1. The van der Waals surface area contributed by atoms with Gasteiger partial charge in [-0.15, -0.1) is 0 Å². The summed E-state index contributed by atoms with van der Waals surface area (Å²) in [6.45, 7) is 0. The number of rotatable bonds is 2. The van der Waals surface area contributed by atoms with E-state index < -0.39 is 17.7 Å². The zero-order valence-electron chi connectivity index (χ0n) is 11.6. The van der Waals surface area contributed by atoms with Crippen LogP contribution in [0.3, 0.4) is 0 Å². The maximum Gasteiger partial charge on any atom is 0.316 e. The van der Waals surface area contributed by atoms with Crippen LogP contribution >= 0.6 is 23.2 Å². The van der Waals surface area contributed by atoms with Crippen molar-refractivity contribution < 1.29 is 14.4 Å². The highest BCUT2D eigenvalue weighted by Gasteiger charge is 2.20. The SMILES string of the molecule is Nc1ccccc1C(=O)NC(=O)C(=O)Nc1c(Cl)cccc1Cl. The highest BCUT2D eigenvalue weighted by molar-refractivity contribution is 6.46. The van der Waals surface area contributed by atoms with Crippen molar-refractivity contribution in [1.82, 2.24) is 5.32 Å². The minimum Gasteiger partial charge on any atom is -0.398 e. The highest BCUT2D eigenvalue weighted by Crippen LogP contribution is 2.29. The molecule has 4 N–H and O–H groups in total. The molecule has 3 amide bonds. The van der Waals surface area contributed by atoms with Crippen molar-refractivity contribution >= 4 is 52.3 Å². The summed E-state index contributed by atoms with van der Waals surface area (Å²) in [5.41, 5.74) is 5.99. The first kappa shape index (κ1) is 16.8. The number of anilines is 2. The van der Waals surface area contributed by atoms with Gasteiger partial charge in [-0.05, 0) is 24.3 Å². The van der Waals surface area contributed by atoms with E-state index in [1.165, 1.54) is 24.3 Å². The fourth-order valence-corrected chi connectivity index (χ4v) is 2.21. The first-order chi connectivity index (χ1) is 10.9. The van der Waals surface area contributed by atoms with Crippen LogP contribution in [0.4, 0.5) is 11.4 Å². The van der Waals surface area contributed by atoms with E-state index in [0.29, 0.717) is 0 Å². The van der Waals surface area contributed by atoms with Crippen molar-refractivity contribution in [3.8, 4) is 0 Å². The van der Waals surface area contributed by atoms with Crippen LogP contribution in [0.25, 0.3) is 0 Å². The van der Waals surface area contributed by atoms with Gasteiger partial charge in [0, 0.05) is 5.69 Å². The maximum atomic E-state index is 11.9. The molecule has 2 aromatic carbocycles. The van der Waals surface area contributed by atoms with E-state index >= 15 is 0 Å². The van der Waals surface area contributed by atoms with E-state index in [2.05, 4.69) is 5.32 Å². The van der Waals surface area contributed by atoms with Crippen molar-refractivity contribution in [3.63, 3.8) is 0 Å². The van der Waals surface area contributed by atoms with Crippen LogP contribution in [0, 0.1) is 0 Å². The summed E-state index contributed by atoms with van der Waals surface area (Å²) in [6, 6.07) is 10.7.